The number of halogens is 1. The summed E-state index contributed by atoms with van der Waals surface area (Å²) in [6.07, 6.45) is 5.97. The molecule has 0 unspecified atom stereocenters. The highest BCUT2D eigenvalue weighted by atomic mass is 32.1. The van der Waals surface area contributed by atoms with Crippen molar-refractivity contribution in [3.8, 4) is 0 Å². The number of hydrogen-bond donors (Lipinski definition) is 2. The minimum Gasteiger partial charge on any atom is -0.360 e. The summed E-state index contributed by atoms with van der Waals surface area (Å²) in [5, 5.41) is 7.62. The Morgan fingerprint density at radius 3 is 2.43 bits per heavy atom. The van der Waals surface area contributed by atoms with Crippen LogP contribution < -0.4 is 10.6 Å². The second kappa shape index (κ2) is 8.58. The fraction of sp³-hybridized carbons (Fsp3) is 0.435. The van der Waals surface area contributed by atoms with Crippen molar-refractivity contribution < 1.29 is 4.39 Å². The zero-order chi connectivity index (χ0) is 19.5. The number of thiocarbonyl (C=S) groups is 1. The van der Waals surface area contributed by atoms with Crippen molar-refractivity contribution in [3.05, 3.63) is 65.5 Å². The Morgan fingerprint density at radius 2 is 1.75 bits per heavy atom. The minimum absolute atomic E-state index is 0.165. The molecule has 2 N–H and O–H groups in total. The molecule has 5 heteroatoms. The first-order valence-corrected chi connectivity index (χ1v) is 10.6. The molecule has 2 heterocycles. The third-order valence-corrected chi connectivity index (χ3v) is 6.35. The summed E-state index contributed by atoms with van der Waals surface area (Å²) < 4.78 is 13.2. The van der Waals surface area contributed by atoms with E-state index in [9.17, 15) is 4.39 Å². The molecule has 28 heavy (non-hydrogen) atoms. The van der Waals surface area contributed by atoms with E-state index >= 15 is 0 Å². The van der Waals surface area contributed by atoms with Crippen LogP contribution in [0.15, 0.2) is 48.5 Å². The molecule has 2 aromatic carbocycles. The van der Waals surface area contributed by atoms with E-state index in [4.69, 9.17) is 12.2 Å². The molecule has 0 amide bonds. The highest BCUT2D eigenvalue weighted by Crippen LogP contribution is 2.35. The van der Waals surface area contributed by atoms with Gasteiger partial charge >= 0.3 is 0 Å². The molecule has 148 valence electrons. The largest absolute Gasteiger partial charge is 0.360 e. The van der Waals surface area contributed by atoms with Gasteiger partial charge in [-0.3, -0.25) is 4.90 Å². The lowest BCUT2D eigenvalue weighted by Crippen LogP contribution is -2.56. The number of nitrogens with one attached hydrogen (secondary N) is 2. The predicted molar refractivity (Wildman–Crippen MR) is 117 cm³/mol. The summed E-state index contributed by atoms with van der Waals surface area (Å²) >= 11 is 5.58. The molecule has 2 aromatic rings. The number of hydrogen-bond acceptors (Lipinski definition) is 2. The van der Waals surface area contributed by atoms with Gasteiger partial charge in [0.2, 0.25) is 0 Å². The normalized spacial score (nSPS) is 24.6. The molecule has 0 spiro atoms. The summed E-state index contributed by atoms with van der Waals surface area (Å²) in [6, 6.07) is 16.7. The smallest absolute Gasteiger partial charge is 0.171 e. The fourth-order valence-electron chi connectivity index (χ4n) is 4.71. The molecule has 0 saturated carbocycles. The first kappa shape index (κ1) is 19.3. The standard InChI is InChI=1S/C23H28FN3S/c1-16-5-2-3-8-22(16)26-23(28)25-19-13-20-6-4-7-21(14-19)27(20)15-17-9-11-18(24)12-10-17/h2-3,5,8-12,19-21H,4,6-7,13-15H2,1H3,(H2,25,26,28)/t20-,21-/m0/s1. The van der Waals surface area contributed by atoms with E-state index in [-0.39, 0.29) is 5.82 Å². The minimum atomic E-state index is -0.165. The summed E-state index contributed by atoms with van der Waals surface area (Å²) in [6.45, 7) is 3.00. The summed E-state index contributed by atoms with van der Waals surface area (Å²) in [7, 11) is 0. The van der Waals surface area contributed by atoms with Crippen LogP contribution in [0.25, 0.3) is 0 Å². The van der Waals surface area contributed by atoms with Crippen LogP contribution in [-0.2, 0) is 6.54 Å². The quantitative estimate of drug-likeness (QED) is 0.710. The Kier molecular flexibility index (Phi) is 5.93. The molecule has 2 aliphatic rings. The van der Waals surface area contributed by atoms with Crippen LogP contribution in [0.5, 0.6) is 0 Å². The van der Waals surface area contributed by atoms with Gasteiger partial charge in [-0.2, -0.15) is 0 Å². The van der Waals surface area contributed by atoms with Crippen molar-refractivity contribution in [1.82, 2.24) is 10.2 Å². The molecule has 4 rings (SSSR count). The van der Waals surface area contributed by atoms with E-state index in [0.717, 1.165) is 25.1 Å². The number of fused-ring (bicyclic) bond motifs is 2. The highest BCUT2D eigenvalue weighted by molar-refractivity contribution is 7.80. The van der Waals surface area contributed by atoms with Gasteiger partial charge in [0.1, 0.15) is 5.82 Å². The Morgan fingerprint density at radius 1 is 1.07 bits per heavy atom. The van der Waals surface area contributed by atoms with Crippen molar-refractivity contribution in [2.24, 2.45) is 0 Å². The number of piperidine rings is 2. The lowest BCUT2D eigenvalue weighted by atomic mass is 9.81. The second-order valence-electron chi connectivity index (χ2n) is 8.12. The summed E-state index contributed by atoms with van der Waals surface area (Å²) in [5.74, 6) is -0.165. The van der Waals surface area contributed by atoms with Crippen LogP contribution in [-0.4, -0.2) is 28.1 Å². The first-order chi connectivity index (χ1) is 13.6. The van der Waals surface area contributed by atoms with E-state index in [1.54, 1.807) is 12.1 Å². The summed E-state index contributed by atoms with van der Waals surface area (Å²) in [4.78, 5) is 2.63. The van der Waals surface area contributed by atoms with Crippen molar-refractivity contribution in [2.45, 2.75) is 63.7 Å². The third-order valence-electron chi connectivity index (χ3n) is 6.13. The van der Waals surface area contributed by atoms with Gasteiger partial charge in [0, 0.05) is 30.4 Å². The van der Waals surface area contributed by atoms with Gasteiger partial charge < -0.3 is 10.6 Å². The maximum atomic E-state index is 13.2. The lowest BCUT2D eigenvalue weighted by molar-refractivity contribution is 0.0211. The topological polar surface area (TPSA) is 27.3 Å². The Hall–Kier alpha value is -1.98. The molecule has 0 radical (unpaired) electrons. The van der Waals surface area contributed by atoms with Crippen LogP contribution in [0.1, 0.15) is 43.2 Å². The molecule has 2 fully saturated rings. The van der Waals surface area contributed by atoms with Crippen LogP contribution in [0.4, 0.5) is 10.1 Å². The molecule has 2 bridgehead atoms. The molecule has 2 aliphatic heterocycles. The second-order valence-corrected chi connectivity index (χ2v) is 8.53. The van der Waals surface area contributed by atoms with Crippen molar-refractivity contribution in [3.63, 3.8) is 0 Å². The molecule has 0 aromatic heterocycles. The monoisotopic (exact) mass is 397 g/mol. The molecule has 0 aliphatic carbocycles. The number of para-hydroxylation sites is 1. The van der Waals surface area contributed by atoms with Gasteiger partial charge in [-0.1, -0.05) is 36.8 Å². The van der Waals surface area contributed by atoms with E-state index in [1.807, 2.05) is 24.3 Å². The van der Waals surface area contributed by atoms with Crippen LogP contribution in [0.2, 0.25) is 0 Å². The molecular formula is C23H28FN3S. The molecular weight excluding hydrogens is 369 g/mol. The molecule has 2 atom stereocenters. The summed E-state index contributed by atoms with van der Waals surface area (Å²) in [5.41, 5.74) is 3.45. The number of rotatable bonds is 4. The first-order valence-electron chi connectivity index (χ1n) is 10.2. The zero-order valence-corrected chi connectivity index (χ0v) is 17.1. The van der Waals surface area contributed by atoms with E-state index in [0.29, 0.717) is 23.2 Å². The third kappa shape index (κ3) is 4.53. The molecule has 2 saturated heterocycles. The highest BCUT2D eigenvalue weighted by Gasteiger charge is 2.38. The van der Waals surface area contributed by atoms with E-state index < -0.39 is 0 Å². The van der Waals surface area contributed by atoms with Crippen molar-refractivity contribution in [1.29, 1.82) is 0 Å². The van der Waals surface area contributed by atoms with E-state index in [1.165, 1.54) is 30.4 Å². The predicted octanol–water partition coefficient (Wildman–Crippen LogP) is 5.01. The van der Waals surface area contributed by atoms with Gasteiger partial charge in [0.05, 0.1) is 0 Å². The van der Waals surface area contributed by atoms with Crippen LogP contribution in [0, 0.1) is 12.7 Å². The number of aryl methyl sites for hydroxylation is 1. The van der Waals surface area contributed by atoms with Crippen molar-refractivity contribution in [2.75, 3.05) is 5.32 Å². The van der Waals surface area contributed by atoms with Gasteiger partial charge in [0.25, 0.3) is 0 Å². The average molecular weight is 398 g/mol. The van der Waals surface area contributed by atoms with Crippen LogP contribution >= 0.6 is 12.2 Å². The maximum Gasteiger partial charge on any atom is 0.171 e. The number of anilines is 1. The Bertz CT molecular complexity index is 809. The lowest BCUT2D eigenvalue weighted by Gasteiger charge is -2.49. The number of benzene rings is 2. The van der Waals surface area contributed by atoms with Crippen LogP contribution in [0.3, 0.4) is 0 Å². The molecule has 3 nitrogen and oxygen atoms in total. The van der Waals surface area contributed by atoms with E-state index in [2.05, 4.69) is 34.6 Å². The Labute approximate surface area is 172 Å². The average Bonchev–Trinajstić information content (AvgIpc) is 2.66. The van der Waals surface area contributed by atoms with Gasteiger partial charge in [-0.05, 0) is 74.2 Å². The van der Waals surface area contributed by atoms with Gasteiger partial charge in [-0.25, -0.2) is 4.39 Å². The fourth-order valence-corrected chi connectivity index (χ4v) is 4.99. The SMILES string of the molecule is Cc1ccccc1NC(=S)NC1C[C@@H]2CCC[C@@H](C1)N2Cc1ccc(F)cc1. The van der Waals surface area contributed by atoms with Gasteiger partial charge in [-0.15, -0.1) is 0 Å². The number of nitrogens with zero attached hydrogens (tertiary/aromatic N) is 1. The maximum absolute atomic E-state index is 13.2. The zero-order valence-electron chi connectivity index (χ0n) is 16.3. The van der Waals surface area contributed by atoms with Gasteiger partial charge in [0.15, 0.2) is 5.11 Å². The van der Waals surface area contributed by atoms with Crippen molar-refractivity contribution >= 4 is 23.0 Å². The Balaban J connectivity index is 1.37.